The molecule has 0 N–H and O–H groups in total. The number of rotatable bonds is 5. The Morgan fingerprint density at radius 2 is 2.27 bits per heavy atom. The van der Waals surface area contributed by atoms with E-state index in [4.69, 9.17) is 4.74 Å². The smallest absolute Gasteiger partial charge is 0.358 e. The van der Waals surface area contributed by atoms with Crippen LogP contribution in [-0.4, -0.2) is 23.3 Å². The molecule has 1 aromatic heterocycles. The van der Waals surface area contributed by atoms with Gasteiger partial charge in [-0.25, -0.2) is 9.78 Å². The average molecular weight is 245 g/mol. The summed E-state index contributed by atoms with van der Waals surface area (Å²) in [6.07, 6.45) is 0. The second kappa shape index (κ2) is 6.12. The maximum absolute atomic E-state index is 11.5. The Kier molecular flexibility index (Phi) is 5.11. The van der Waals surface area contributed by atoms with Gasteiger partial charge in [-0.2, -0.15) is 11.8 Å². The van der Waals surface area contributed by atoms with E-state index in [0.717, 1.165) is 21.4 Å². The van der Waals surface area contributed by atoms with E-state index < -0.39 is 0 Å². The predicted molar refractivity (Wildman–Crippen MR) is 64.6 cm³/mol. The number of esters is 1. The molecule has 1 aromatic rings. The van der Waals surface area contributed by atoms with E-state index in [1.807, 2.05) is 6.92 Å². The third-order valence-electron chi connectivity index (χ3n) is 1.74. The molecule has 0 spiro atoms. The van der Waals surface area contributed by atoms with Gasteiger partial charge in [-0.1, -0.05) is 6.92 Å². The summed E-state index contributed by atoms with van der Waals surface area (Å²) in [7, 11) is 0. The highest BCUT2D eigenvalue weighted by Crippen LogP contribution is 2.22. The van der Waals surface area contributed by atoms with Gasteiger partial charge in [0, 0.05) is 10.6 Å². The van der Waals surface area contributed by atoms with Gasteiger partial charge in [0.1, 0.15) is 5.01 Å². The van der Waals surface area contributed by atoms with Crippen molar-refractivity contribution in [2.24, 2.45) is 0 Å². The van der Waals surface area contributed by atoms with Crippen molar-refractivity contribution >= 4 is 29.1 Å². The Hall–Kier alpha value is -0.550. The Bertz CT molecular complexity index is 336. The van der Waals surface area contributed by atoms with Crippen LogP contribution in [0.2, 0.25) is 0 Å². The van der Waals surface area contributed by atoms with Crippen molar-refractivity contribution in [3.63, 3.8) is 0 Å². The highest BCUT2D eigenvalue weighted by Gasteiger charge is 2.15. The summed E-state index contributed by atoms with van der Waals surface area (Å²) >= 11 is 3.38. The van der Waals surface area contributed by atoms with Gasteiger partial charge in [-0.05, 0) is 19.6 Å². The molecule has 3 nitrogen and oxygen atoms in total. The van der Waals surface area contributed by atoms with Gasteiger partial charge in [0.25, 0.3) is 0 Å². The van der Waals surface area contributed by atoms with E-state index in [9.17, 15) is 4.79 Å². The first kappa shape index (κ1) is 12.5. The number of hydrogen-bond acceptors (Lipinski definition) is 5. The summed E-state index contributed by atoms with van der Waals surface area (Å²) in [5.41, 5.74) is 0.480. The molecular weight excluding hydrogens is 230 g/mol. The Morgan fingerprint density at radius 3 is 2.87 bits per heavy atom. The van der Waals surface area contributed by atoms with E-state index in [2.05, 4.69) is 11.9 Å². The number of aryl methyl sites for hydroxylation is 1. The van der Waals surface area contributed by atoms with Crippen LogP contribution >= 0.6 is 23.1 Å². The maximum Gasteiger partial charge on any atom is 0.358 e. The lowest BCUT2D eigenvalue weighted by molar-refractivity contribution is 0.0519. The van der Waals surface area contributed by atoms with Crippen molar-refractivity contribution in [2.45, 2.75) is 26.5 Å². The first-order chi connectivity index (χ1) is 7.19. The van der Waals surface area contributed by atoms with Crippen molar-refractivity contribution in [1.29, 1.82) is 0 Å². The fourth-order valence-electron chi connectivity index (χ4n) is 1.09. The zero-order valence-corrected chi connectivity index (χ0v) is 10.8. The highest BCUT2D eigenvalue weighted by atomic mass is 32.2. The quantitative estimate of drug-likeness (QED) is 0.748. The van der Waals surface area contributed by atoms with Crippen LogP contribution in [0.3, 0.4) is 0 Å². The molecule has 0 aliphatic heterocycles. The molecule has 0 aliphatic rings. The molecule has 1 heterocycles. The van der Waals surface area contributed by atoms with Gasteiger partial charge < -0.3 is 4.74 Å². The van der Waals surface area contributed by atoms with Crippen molar-refractivity contribution in [3.05, 3.63) is 15.6 Å². The van der Waals surface area contributed by atoms with Crippen molar-refractivity contribution in [2.75, 3.05) is 12.4 Å². The summed E-state index contributed by atoms with van der Waals surface area (Å²) in [6, 6.07) is 0. The Labute approximate surface area is 98.2 Å². The summed E-state index contributed by atoms with van der Waals surface area (Å²) in [4.78, 5) is 16.7. The summed E-state index contributed by atoms with van der Waals surface area (Å²) in [5, 5.41) is 1.00. The van der Waals surface area contributed by atoms with Crippen LogP contribution in [-0.2, 0) is 10.5 Å². The molecule has 0 amide bonds. The molecule has 15 heavy (non-hydrogen) atoms. The van der Waals surface area contributed by atoms with Gasteiger partial charge in [0.15, 0.2) is 5.69 Å². The van der Waals surface area contributed by atoms with Crippen LogP contribution in [0.25, 0.3) is 0 Å². The summed E-state index contributed by atoms with van der Waals surface area (Å²) in [6.45, 7) is 6.21. The molecule has 5 heteroatoms. The summed E-state index contributed by atoms with van der Waals surface area (Å²) in [5.74, 6) is 1.63. The average Bonchev–Trinajstić information content (AvgIpc) is 2.57. The van der Waals surface area contributed by atoms with Crippen LogP contribution in [0, 0.1) is 6.92 Å². The first-order valence-corrected chi connectivity index (χ1v) is 6.87. The van der Waals surface area contributed by atoms with E-state index in [1.54, 1.807) is 30.0 Å². The number of ether oxygens (including phenoxy) is 1. The van der Waals surface area contributed by atoms with Crippen molar-refractivity contribution in [1.82, 2.24) is 4.98 Å². The van der Waals surface area contributed by atoms with Crippen LogP contribution in [0.1, 0.15) is 34.2 Å². The number of carbonyl (C=O) groups is 1. The number of thiazole rings is 1. The van der Waals surface area contributed by atoms with Crippen molar-refractivity contribution in [3.8, 4) is 0 Å². The molecule has 0 saturated carbocycles. The minimum atomic E-state index is -0.306. The standard InChI is InChI=1S/C10H15NO2S2/c1-4-13-10(12)9-7(3)15-8(11-9)6-14-5-2/h4-6H2,1-3H3. The van der Waals surface area contributed by atoms with Crippen molar-refractivity contribution < 1.29 is 9.53 Å². The molecule has 0 aromatic carbocycles. The molecule has 0 saturated heterocycles. The molecule has 0 radical (unpaired) electrons. The lowest BCUT2D eigenvalue weighted by Gasteiger charge is -1.97. The zero-order chi connectivity index (χ0) is 11.3. The molecule has 0 fully saturated rings. The molecular formula is C10H15NO2S2. The molecule has 84 valence electrons. The van der Waals surface area contributed by atoms with Gasteiger partial charge in [-0.15, -0.1) is 11.3 Å². The molecule has 0 bridgehead atoms. The molecule has 0 atom stereocenters. The fraction of sp³-hybridized carbons (Fsp3) is 0.600. The molecule has 0 aliphatic carbocycles. The Balaban J connectivity index is 2.72. The van der Waals surface area contributed by atoms with Crippen LogP contribution in [0.15, 0.2) is 0 Å². The predicted octanol–water partition coefficient (Wildman–Crippen LogP) is 2.88. The van der Waals surface area contributed by atoms with Gasteiger partial charge in [0.2, 0.25) is 0 Å². The van der Waals surface area contributed by atoms with Crippen LogP contribution < -0.4 is 0 Å². The highest BCUT2D eigenvalue weighted by molar-refractivity contribution is 7.98. The lowest BCUT2D eigenvalue weighted by atomic mass is 10.4. The Morgan fingerprint density at radius 1 is 1.53 bits per heavy atom. The SMILES string of the molecule is CCOC(=O)c1nc(CSCC)sc1C. The molecule has 1 rings (SSSR count). The largest absolute Gasteiger partial charge is 0.461 e. The lowest BCUT2D eigenvalue weighted by Crippen LogP contribution is -2.06. The zero-order valence-electron chi connectivity index (χ0n) is 9.20. The minimum Gasteiger partial charge on any atom is -0.461 e. The van der Waals surface area contributed by atoms with E-state index in [1.165, 1.54) is 0 Å². The normalized spacial score (nSPS) is 10.3. The van der Waals surface area contributed by atoms with Crippen LogP contribution in [0.4, 0.5) is 0 Å². The minimum absolute atomic E-state index is 0.306. The molecule has 0 unspecified atom stereocenters. The number of hydrogen-bond donors (Lipinski definition) is 0. The van der Waals surface area contributed by atoms with E-state index >= 15 is 0 Å². The second-order valence-corrected chi connectivity index (χ2v) is 5.43. The topological polar surface area (TPSA) is 39.2 Å². The van der Waals surface area contributed by atoms with Gasteiger partial charge in [-0.3, -0.25) is 0 Å². The third-order valence-corrected chi connectivity index (χ3v) is 3.78. The maximum atomic E-state index is 11.5. The van der Waals surface area contributed by atoms with Gasteiger partial charge in [0.05, 0.1) is 6.61 Å². The number of aromatic nitrogens is 1. The van der Waals surface area contributed by atoms with Crippen LogP contribution in [0.5, 0.6) is 0 Å². The number of carbonyl (C=O) groups excluding carboxylic acids is 1. The fourth-order valence-corrected chi connectivity index (χ4v) is 2.74. The number of thioether (sulfide) groups is 1. The third kappa shape index (κ3) is 3.50. The number of nitrogens with zero attached hydrogens (tertiary/aromatic N) is 1. The second-order valence-electron chi connectivity index (χ2n) is 2.87. The summed E-state index contributed by atoms with van der Waals surface area (Å²) < 4.78 is 4.92. The van der Waals surface area contributed by atoms with Gasteiger partial charge >= 0.3 is 5.97 Å². The monoisotopic (exact) mass is 245 g/mol. The van der Waals surface area contributed by atoms with E-state index in [0.29, 0.717) is 12.3 Å². The van der Waals surface area contributed by atoms with E-state index in [-0.39, 0.29) is 5.97 Å². The first-order valence-electron chi connectivity index (χ1n) is 4.90.